The Bertz CT molecular complexity index is 465. The van der Waals surface area contributed by atoms with Crippen LogP contribution in [-0.2, 0) is 11.3 Å². The zero-order valence-corrected chi connectivity index (χ0v) is 11.5. The van der Waals surface area contributed by atoms with E-state index in [2.05, 4.69) is 5.32 Å². The van der Waals surface area contributed by atoms with Gasteiger partial charge in [0.05, 0.1) is 12.1 Å². The monoisotopic (exact) mass is 276 g/mol. The van der Waals surface area contributed by atoms with Crippen LogP contribution in [0.1, 0.15) is 35.2 Å². The van der Waals surface area contributed by atoms with Gasteiger partial charge in [-0.2, -0.15) is 0 Å². The molecule has 1 aromatic rings. The molecule has 1 aliphatic heterocycles. The van der Waals surface area contributed by atoms with E-state index in [1.165, 1.54) is 6.42 Å². The molecule has 1 aromatic carbocycles. The quantitative estimate of drug-likeness (QED) is 0.855. The third-order valence-electron chi connectivity index (χ3n) is 3.52. The first-order valence-electron chi connectivity index (χ1n) is 6.97. The first-order valence-corrected chi connectivity index (χ1v) is 6.97. The molecule has 20 heavy (non-hydrogen) atoms. The van der Waals surface area contributed by atoms with E-state index in [-0.39, 0.29) is 11.5 Å². The number of carboxylic acids is 1. The van der Waals surface area contributed by atoms with Crippen LogP contribution >= 0.6 is 0 Å². The Kier molecular flexibility index (Phi) is 5.12. The van der Waals surface area contributed by atoms with Gasteiger partial charge in [-0.25, -0.2) is 4.79 Å². The van der Waals surface area contributed by atoms with Gasteiger partial charge in [0.1, 0.15) is 0 Å². The highest BCUT2D eigenvalue weighted by atomic mass is 16.4. The number of hydrogen-bond donors (Lipinski definition) is 2. The van der Waals surface area contributed by atoms with Gasteiger partial charge in [0.2, 0.25) is 5.91 Å². The van der Waals surface area contributed by atoms with Crippen LogP contribution in [0, 0.1) is 0 Å². The number of aromatic carboxylic acids is 1. The third-order valence-corrected chi connectivity index (χ3v) is 3.52. The van der Waals surface area contributed by atoms with Gasteiger partial charge in [-0.05, 0) is 37.0 Å². The lowest BCUT2D eigenvalue weighted by molar-refractivity contribution is -0.131. The number of benzene rings is 1. The second-order valence-corrected chi connectivity index (χ2v) is 5.05. The molecule has 1 aliphatic rings. The summed E-state index contributed by atoms with van der Waals surface area (Å²) in [5.41, 5.74) is 1.25. The molecule has 1 amide bonds. The third kappa shape index (κ3) is 4.06. The van der Waals surface area contributed by atoms with Gasteiger partial charge < -0.3 is 15.3 Å². The number of nitrogens with zero attached hydrogens (tertiary/aromatic N) is 1. The minimum atomic E-state index is -0.926. The zero-order chi connectivity index (χ0) is 14.4. The maximum absolute atomic E-state index is 11.9. The summed E-state index contributed by atoms with van der Waals surface area (Å²) in [7, 11) is 0. The molecule has 2 N–H and O–H groups in total. The fourth-order valence-corrected chi connectivity index (χ4v) is 2.33. The van der Waals surface area contributed by atoms with Crippen LogP contribution in [-0.4, -0.2) is 41.5 Å². The van der Waals surface area contributed by atoms with Crippen LogP contribution in [0.2, 0.25) is 0 Å². The van der Waals surface area contributed by atoms with Gasteiger partial charge in [-0.1, -0.05) is 12.1 Å². The van der Waals surface area contributed by atoms with Crippen molar-refractivity contribution in [2.24, 2.45) is 0 Å². The SMILES string of the molecule is O=C(O)c1ccc(CNCC(=O)N2CCCCC2)cc1. The van der Waals surface area contributed by atoms with Crippen molar-refractivity contribution >= 4 is 11.9 Å². The second-order valence-electron chi connectivity index (χ2n) is 5.05. The van der Waals surface area contributed by atoms with Crippen LogP contribution in [0.5, 0.6) is 0 Å². The standard InChI is InChI=1S/C15H20N2O3/c18-14(17-8-2-1-3-9-17)11-16-10-12-4-6-13(7-5-12)15(19)20/h4-7,16H,1-3,8-11H2,(H,19,20). The number of amides is 1. The summed E-state index contributed by atoms with van der Waals surface area (Å²) in [5.74, 6) is -0.781. The Hall–Kier alpha value is -1.88. The fourth-order valence-electron chi connectivity index (χ4n) is 2.33. The van der Waals surface area contributed by atoms with E-state index < -0.39 is 5.97 Å². The van der Waals surface area contributed by atoms with E-state index >= 15 is 0 Å². The number of nitrogens with one attached hydrogen (secondary N) is 1. The van der Waals surface area contributed by atoms with Gasteiger partial charge in [0.15, 0.2) is 0 Å². The molecule has 1 heterocycles. The van der Waals surface area contributed by atoms with Crippen LogP contribution in [0.25, 0.3) is 0 Å². The highest BCUT2D eigenvalue weighted by Crippen LogP contribution is 2.08. The summed E-state index contributed by atoms with van der Waals surface area (Å²) >= 11 is 0. The number of likely N-dealkylation sites (tertiary alicyclic amines) is 1. The van der Waals surface area contributed by atoms with Crippen molar-refractivity contribution in [3.8, 4) is 0 Å². The van der Waals surface area contributed by atoms with Crippen molar-refractivity contribution in [3.05, 3.63) is 35.4 Å². The van der Waals surface area contributed by atoms with Gasteiger partial charge in [-0.15, -0.1) is 0 Å². The van der Waals surface area contributed by atoms with E-state index in [4.69, 9.17) is 5.11 Å². The van der Waals surface area contributed by atoms with Crippen molar-refractivity contribution in [1.82, 2.24) is 10.2 Å². The molecule has 1 fully saturated rings. The minimum absolute atomic E-state index is 0.145. The Labute approximate surface area is 118 Å². The molecule has 0 saturated carbocycles. The maximum atomic E-state index is 11.9. The Balaban J connectivity index is 1.74. The number of rotatable bonds is 5. The highest BCUT2D eigenvalue weighted by Gasteiger charge is 2.15. The summed E-state index contributed by atoms with van der Waals surface area (Å²) in [4.78, 5) is 24.5. The molecule has 0 radical (unpaired) electrons. The van der Waals surface area contributed by atoms with E-state index in [1.807, 2.05) is 4.90 Å². The lowest BCUT2D eigenvalue weighted by atomic mass is 10.1. The van der Waals surface area contributed by atoms with E-state index in [0.29, 0.717) is 13.1 Å². The van der Waals surface area contributed by atoms with Crippen molar-refractivity contribution in [3.63, 3.8) is 0 Å². The number of carboxylic acid groups (broad SMARTS) is 1. The molecule has 5 heteroatoms. The topological polar surface area (TPSA) is 69.6 Å². The van der Waals surface area contributed by atoms with Gasteiger partial charge in [0.25, 0.3) is 0 Å². The lowest BCUT2D eigenvalue weighted by Gasteiger charge is -2.26. The van der Waals surface area contributed by atoms with Crippen molar-refractivity contribution < 1.29 is 14.7 Å². The molecule has 0 unspecified atom stereocenters. The molecule has 5 nitrogen and oxygen atoms in total. The van der Waals surface area contributed by atoms with Crippen molar-refractivity contribution in [1.29, 1.82) is 0 Å². The number of hydrogen-bond acceptors (Lipinski definition) is 3. The van der Waals surface area contributed by atoms with E-state index in [0.717, 1.165) is 31.5 Å². The van der Waals surface area contributed by atoms with Crippen LogP contribution < -0.4 is 5.32 Å². The predicted molar refractivity (Wildman–Crippen MR) is 75.5 cm³/mol. The summed E-state index contributed by atoms with van der Waals surface area (Å²) in [6, 6.07) is 6.68. The number of carbonyl (C=O) groups excluding carboxylic acids is 1. The summed E-state index contributed by atoms with van der Waals surface area (Å²) < 4.78 is 0. The number of carbonyl (C=O) groups is 2. The van der Waals surface area contributed by atoms with Gasteiger partial charge in [-0.3, -0.25) is 4.79 Å². The first-order chi connectivity index (χ1) is 9.66. The summed E-state index contributed by atoms with van der Waals surface area (Å²) in [6.07, 6.45) is 3.41. The molecule has 1 saturated heterocycles. The van der Waals surface area contributed by atoms with E-state index in [9.17, 15) is 9.59 Å². The summed E-state index contributed by atoms with van der Waals surface area (Å²) in [5, 5.41) is 11.9. The van der Waals surface area contributed by atoms with Crippen LogP contribution in [0.4, 0.5) is 0 Å². The second kappa shape index (κ2) is 7.05. The van der Waals surface area contributed by atoms with Gasteiger partial charge >= 0.3 is 5.97 Å². The maximum Gasteiger partial charge on any atom is 0.335 e. The zero-order valence-electron chi connectivity index (χ0n) is 11.5. The lowest BCUT2D eigenvalue weighted by Crippen LogP contribution is -2.40. The molecule has 0 atom stereocenters. The predicted octanol–water partition coefficient (Wildman–Crippen LogP) is 1.49. The molecular formula is C15H20N2O3. The average Bonchev–Trinajstić information content (AvgIpc) is 2.48. The fraction of sp³-hybridized carbons (Fsp3) is 0.467. The molecule has 0 spiro atoms. The van der Waals surface area contributed by atoms with Gasteiger partial charge in [0, 0.05) is 19.6 Å². The normalized spacial score (nSPS) is 15.1. The van der Waals surface area contributed by atoms with Crippen LogP contribution in [0.15, 0.2) is 24.3 Å². The highest BCUT2D eigenvalue weighted by molar-refractivity contribution is 5.87. The first kappa shape index (κ1) is 14.5. The van der Waals surface area contributed by atoms with Crippen molar-refractivity contribution in [2.75, 3.05) is 19.6 Å². The Morgan fingerprint density at radius 2 is 1.75 bits per heavy atom. The molecule has 0 aliphatic carbocycles. The Morgan fingerprint density at radius 3 is 2.35 bits per heavy atom. The minimum Gasteiger partial charge on any atom is -0.478 e. The largest absolute Gasteiger partial charge is 0.478 e. The molecule has 2 rings (SSSR count). The summed E-state index contributed by atoms with van der Waals surface area (Å²) in [6.45, 7) is 2.64. The van der Waals surface area contributed by atoms with Crippen molar-refractivity contribution in [2.45, 2.75) is 25.8 Å². The number of piperidine rings is 1. The molecule has 108 valence electrons. The van der Waals surface area contributed by atoms with E-state index in [1.54, 1.807) is 24.3 Å². The average molecular weight is 276 g/mol. The van der Waals surface area contributed by atoms with Crippen LogP contribution in [0.3, 0.4) is 0 Å². The molecule has 0 aromatic heterocycles. The Morgan fingerprint density at radius 1 is 1.10 bits per heavy atom. The smallest absolute Gasteiger partial charge is 0.335 e. The molecule has 0 bridgehead atoms. The molecular weight excluding hydrogens is 256 g/mol.